The maximum absolute atomic E-state index is 6.52. The molecule has 0 aliphatic heterocycles. The second-order valence-corrected chi connectivity index (χ2v) is 8.33. The van der Waals surface area contributed by atoms with Crippen LogP contribution in [0, 0.1) is 0 Å². The predicted molar refractivity (Wildman–Crippen MR) is 128 cm³/mol. The third-order valence-electron chi connectivity index (χ3n) is 5.10. The minimum Gasteiger partial charge on any atom is -0.254 e. The molecule has 2 heterocycles. The molecular weight excluding hydrogens is 458 g/mol. The van der Waals surface area contributed by atoms with Crippen molar-refractivity contribution in [2.45, 2.75) is 0 Å². The minimum absolute atomic E-state index is 0.232. The van der Waals surface area contributed by atoms with E-state index in [4.69, 9.17) is 46.4 Å². The van der Waals surface area contributed by atoms with E-state index in [1.54, 1.807) is 12.3 Å². The molecule has 6 heteroatoms. The lowest BCUT2D eigenvalue weighted by Crippen LogP contribution is -1.91. The number of hydrogen-bond acceptors (Lipinski definition) is 2. The highest BCUT2D eigenvalue weighted by molar-refractivity contribution is 6.52. The summed E-state index contributed by atoms with van der Waals surface area (Å²) in [7, 11) is 0. The van der Waals surface area contributed by atoms with Crippen LogP contribution < -0.4 is 0 Å². The summed E-state index contributed by atoms with van der Waals surface area (Å²) in [6, 6.07) is 19.9. The molecule has 30 heavy (non-hydrogen) atoms. The van der Waals surface area contributed by atoms with Gasteiger partial charge in [0.25, 0.3) is 0 Å². The van der Waals surface area contributed by atoms with Crippen LogP contribution in [0.3, 0.4) is 0 Å². The molecule has 0 saturated carbocycles. The number of halogens is 4. The van der Waals surface area contributed by atoms with Gasteiger partial charge in [-0.05, 0) is 34.9 Å². The zero-order chi connectivity index (χ0) is 20.8. The molecule has 0 aliphatic rings. The van der Waals surface area contributed by atoms with Crippen LogP contribution >= 0.6 is 46.4 Å². The number of hydrogen-bond donors (Lipinski definition) is 0. The average molecular weight is 470 g/mol. The van der Waals surface area contributed by atoms with Crippen LogP contribution in [0.5, 0.6) is 0 Å². The van der Waals surface area contributed by atoms with Crippen molar-refractivity contribution in [1.29, 1.82) is 0 Å². The van der Waals surface area contributed by atoms with Gasteiger partial charge >= 0.3 is 0 Å². The van der Waals surface area contributed by atoms with E-state index in [2.05, 4.69) is 28.2 Å². The molecule has 2 nitrogen and oxygen atoms in total. The maximum atomic E-state index is 6.52. The first-order valence-electron chi connectivity index (χ1n) is 9.11. The number of pyridine rings is 2. The van der Waals surface area contributed by atoms with Gasteiger partial charge in [-0.1, -0.05) is 88.9 Å². The van der Waals surface area contributed by atoms with Crippen LogP contribution in [0.2, 0.25) is 20.1 Å². The molecule has 0 bridgehead atoms. The number of fused-ring (bicyclic) bond motifs is 3. The van der Waals surface area contributed by atoms with E-state index in [-0.39, 0.29) is 10.0 Å². The molecule has 0 amide bonds. The molecule has 146 valence electrons. The molecule has 2 aromatic heterocycles. The average Bonchev–Trinajstić information content (AvgIpc) is 2.79. The standard InChI is InChI=1S/C24H12Cl4N2/c25-19-12-18(20(26)22(28)21(19)27)15-9-11-30-24-17(15)7-6-16-14(8-10-29-23(16)24)13-4-2-1-3-5-13/h1-12H. The van der Waals surface area contributed by atoms with Gasteiger partial charge in [0.2, 0.25) is 0 Å². The van der Waals surface area contributed by atoms with Crippen molar-refractivity contribution in [1.82, 2.24) is 9.97 Å². The summed E-state index contributed by atoms with van der Waals surface area (Å²) < 4.78 is 0. The van der Waals surface area contributed by atoms with Gasteiger partial charge in [0.15, 0.2) is 0 Å². The molecule has 3 aromatic carbocycles. The lowest BCUT2D eigenvalue weighted by molar-refractivity contribution is 1.37. The smallest absolute Gasteiger partial charge is 0.0971 e. The van der Waals surface area contributed by atoms with Gasteiger partial charge in [-0.3, -0.25) is 9.97 Å². The van der Waals surface area contributed by atoms with E-state index in [9.17, 15) is 0 Å². The van der Waals surface area contributed by atoms with Crippen LogP contribution in [0.25, 0.3) is 44.1 Å². The van der Waals surface area contributed by atoms with Gasteiger partial charge in [0, 0.05) is 28.7 Å². The molecule has 0 saturated heterocycles. The van der Waals surface area contributed by atoms with E-state index in [1.165, 1.54) is 0 Å². The molecule has 0 spiro atoms. The highest BCUT2D eigenvalue weighted by Gasteiger charge is 2.18. The Balaban J connectivity index is 1.82. The highest BCUT2D eigenvalue weighted by Crippen LogP contribution is 2.44. The first-order chi connectivity index (χ1) is 14.6. The van der Waals surface area contributed by atoms with Crippen LogP contribution in [-0.2, 0) is 0 Å². The summed E-state index contributed by atoms with van der Waals surface area (Å²) in [4.78, 5) is 9.26. The predicted octanol–water partition coefficient (Wildman–Crippen LogP) is 8.73. The van der Waals surface area contributed by atoms with Gasteiger partial charge in [0.1, 0.15) is 0 Å². The van der Waals surface area contributed by atoms with E-state index >= 15 is 0 Å². The van der Waals surface area contributed by atoms with Gasteiger partial charge in [-0.2, -0.15) is 0 Å². The fourth-order valence-electron chi connectivity index (χ4n) is 3.70. The molecule has 0 unspecified atom stereocenters. The highest BCUT2D eigenvalue weighted by atomic mass is 35.5. The Bertz CT molecular complexity index is 1430. The monoisotopic (exact) mass is 468 g/mol. The topological polar surface area (TPSA) is 25.8 Å². The zero-order valence-electron chi connectivity index (χ0n) is 15.3. The van der Waals surface area contributed by atoms with E-state index in [0.29, 0.717) is 15.6 Å². The molecule has 0 radical (unpaired) electrons. The summed E-state index contributed by atoms with van der Waals surface area (Å²) in [6.45, 7) is 0. The van der Waals surface area contributed by atoms with Crippen molar-refractivity contribution in [3.8, 4) is 22.3 Å². The van der Waals surface area contributed by atoms with Crippen molar-refractivity contribution in [2.24, 2.45) is 0 Å². The number of rotatable bonds is 2. The van der Waals surface area contributed by atoms with Crippen molar-refractivity contribution >= 4 is 68.2 Å². The lowest BCUT2D eigenvalue weighted by atomic mass is 9.96. The molecule has 0 aliphatic carbocycles. The maximum Gasteiger partial charge on any atom is 0.0971 e. The summed E-state index contributed by atoms with van der Waals surface area (Å²) in [5, 5.41) is 3.10. The zero-order valence-corrected chi connectivity index (χ0v) is 18.4. The van der Waals surface area contributed by atoms with Gasteiger partial charge < -0.3 is 0 Å². The van der Waals surface area contributed by atoms with Crippen molar-refractivity contribution < 1.29 is 0 Å². The Labute approximate surface area is 193 Å². The Kier molecular flexibility index (Phi) is 5.04. The van der Waals surface area contributed by atoms with E-state index in [0.717, 1.165) is 38.5 Å². The van der Waals surface area contributed by atoms with E-state index < -0.39 is 0 Å². The molecule has 0 fully saturated rings. The van der Waals surface area contributed by atoms with Gasteiger partial charge in [-0.25, -0.2) is 0 Å². The Morgan fingerprint density at radius 1 is 0.533 bits per heavy atom. The van der Waals surface area contributed by atoms with Crippen molar-refractivity contribution in [3.05, 3.63) is 93.1 Å². The van der Waals surface area contributed by atoms with Crippen molar-refractivity contribution in [3.63, 3.8) is 0 Å². The normalized spacial score (nSPS) is 11.3. The number of nitrogens with zero attached hydrogens (tertiary/aromatic N) is 2. The van der Waals surface area contributed by atoms with Crippen LogP contribution in [0.15, 0.2) is 73.1 Å². The fraction of sp³-hybridized carbons (Fsp3) is 0. The first kappa shape index (κ1) is 19.6. The van der Waals surface area contributed by atoms with Crippen LogP contribution in [0.4, 0.5) is 0 Å². The lowest BCUT2D eigenvalue weighted by Gasteiger charge is -2.13. The molecule has 0 N–H and O–H groups in total. The summed E-state index contributed by atoms with van der Waals surface area (Å²) in [5.41, 5.74) is 5.38. The Hall–Kier alpha value is -2.36. The number of benzene rings is 3. The van der Waals surface area contributed by atoms with Gasteiger partial charge in [-0.15, -0.1) is 0 Å². The summed E-state index contributed by atoms with van der Waals surface area (Å²) in [6.07, 6.45) is 3.54. The van der Waals surface area contributed by atoms with Crippen LogP contribution in [-0.4, -0.2) is 9.97 Å². The van der Waals surface area contributed by atoms with Crippen molar-refractivity contribution in [2.75, 3.05) is 0 Å². The SMILES string of the molecule is Clc1cc(-c2ccnc3c2ccc2c(-c4ccccc4)ccnc23)c(Cl)c(Cl)c1Cl. The van der Waals surface area contributed by atoms with E-state index in [1.807, 2.05) is 42.6 Å². The largest absolute Gasteiger partial charge is 0.254 e. The molecular formula is C24H12Cl4N2. The van der Waals surface area contributed by atoms with Crippen LogP contribution in [0.1, 0.15) is 0 Å². The number of aromatic nitrogens is 2. The molecule has 5 rings (SSSR count). The minimum atomic E-state index is 0.232. The quantitative estimate of drug-likeness (QED) is 0.147. The molecule has 0 atom stereocenters. The molecule has 5 aromatic rings. The third kappa shape index (κ3) is 3.12. The van der Waals surface area contributed by atoms with Gasteiger partial charge in [0.05, 0.1) is 31.1 Å². The Morgan fingerprint density at radius 3 is 1.80 bits per heavy atom. The fourth-order valence-corrected chi connectivity index (χ4v) is 4.60. The second-order valence-electron chi connectivity index (χ2n) is 6.79. The Morgan fingerprint density at radius 2 is 1.13 bits per heavy atom. The third-order valence-corrected chi connectivity index (χ3v) is 6.85. The summed E-state index contributed by atoms with van der Waals surface area (Å²) in [5.74, 6) is 0. The second kappa shape index (κ2) is 7.72. The summed E-state index contributed by atoms with van der Waals surface area (Å²) >= 11 is 25.2. The first-order valence-corrected chi connectivity index (χ1v) is 10.6.